The Bertz CT molecular complexity index is 491. The predicted molar refractivity (Wildman–Crippen MR) is 89.4 cm³/mol. The van der Waals surface area contributed by atoms with Gasteiger partial charge in [0.15, 0.2) is 0 Å². The van der Waals surface area contributed by atoms with Gasteiger partial charge in [-0.15, -0.1) is 0 Å². The van der Waals surface area contributed by atoms with Crippen LogP contribution in [0.15, 0.2) is 6.20 Å². The van der Waals surface area contributed by atoms with Gasteiger partial charge in [-0.1, -0.05) is 24.0 Å². The average Bonchev–Trinajstić information content (AvgIpc) is 2.49. The van der Waals surface area contributed by atoms with Crippen molar-refractivity contribution < 1.29 is 10.2 Å². The number of aromatic nitrogens is 1. The zero-order chi connectivity index (χ0) is 14.5. The molecule has 2 rings (SSSR count). The van der Waals surface area contributed by atoms with Crippen LogP contribution < -0.4 is 0 Å². The molecule has 1 aliphatic rings. The number of pyridine rings is 1. The van der Waals surface area contributed by atoms with Crippen molar-refractivity contribution in [2.45, 2.75) is 19.3 Å². The molecule has 0 atom stereocenters. The van der Waals surface area contributed by atoms with E-state index in [0.29, 0.717) is 17.0 Å². The summed E-state index contributed by atoms with van der Waals surface area (Å²) >= 11 is 8.96. The van der Waals surface area contributed by atoms with Gasteiger partial charge >= 0.3 is 0 Å². The standard InChI is InChI=1S/C13H18N2O2S3/c1-9-12(17)11(7-16)10(6-14-9)8-20-13(18)15-2-4-19-5-3-15/h6,16-17H,2-5,7-8H2,1H3. The molecule has 1 saturated heterocycles. The zero-order valence-electron chi connectivity index (χ0n) is 11.3. The van der Waals surface area contributed by atoms with Crippen LogP contribution in [-0.2, 0) is 12.4 Å². The highest BCUT2D eigenvalue weighted by Crippen LogP contribution is 2.27. The van der Waals surface area contributed by atoms with Crippen molar-refractivity contribution >= 4 is 40.1 Å². The summed E-state index contributed by atoms with van der Waals surface area (Å²) in [6, 6.07) is 0. The normalized spacial score (nSPS) is 15.4. The Kier molecular flexibility index (Phi) is 5.95. The van der Waals surface area contributed by atoms with Gasteiger partial charge < -0.3 is 15.1 Å². The Morgan fingerprint density at radius 1 is 1.50 bits per heavy atom. The van der Waals surface area contributed by atoms with E-state index >= 15 is 0 Å². The maximum Gasteiger partial charge on any atom is 0.142 e. The topological polar surface area (TPSA) is 56.6 Å². The van der Waals surface area contributed by atoms with Gasteiger partial charge in [-0.05, 0) is 12.5 Å². The highest BCUT2D eigenvalue weighted by atomic mass is 32.2. The van der Waals surface area contributed by atoms with Gasteiger partial charge in [0.2, 0.25) is 0 Å². The summed E-state index contributed by atoms with van der Waals surface area (Å²) in [6.07, 6.45) is 1.71. The molecular formula is C13H18N2O2S3. The lowest BCUT2D eigenvalue weighted by Gasteiger charge is -2.28. The highest BCUT2D eigenvalue weighted by molar-refractivity contribution is 8.22. The molecule has 0 radical (unpaired) electrons. The minimum absolute atomic E-state index is 0.0888. The number of rotatable bonds is 3. The van der Waals surface area contributed by atoms with E-state index in [1.54, 1.807) is 24.9 Å². The first-order valence-corrected chi connectivity index (χ1v) is 8.95. The van der Waals surface area contributed by atoms with Gasteiger partial charge in [-0.3, -0.25) is 4.98 Å². The van der Waals surface area contributed by atoms with Crippen LogP contribution in [0.25, 0.3) is 0 Å². The van der Waals surface area contributed by atoms with Crippen LogP contribution in [0.1, 0.15) is 16.8 Å². The van der Waals surface area contributed by atoms with Crippen molar-refractivity contribution in [3.8, 4) is 5.75 Å². The van der Waals surface area contributed by atoms with E-state index in [-0.39, 0.29) is 12.4 Å². The summed E-state index contributed by atoms with van der Waals surface area (Å²) in [7, 11) is 0. The summed E-state index contributed by atoms with van der Waals surface area (Å²) in [6.45, 7) is 3.54. The highest BCUT2D eigenvalue weighted by Gasteiger charge is 2.16. The van der Waals surface area contributed by atoms with Crippen LogP contribution in [0, 0.1) is 6.92 Å². The van der Waals surface area contributed by atoms with Crippen LogP contribution in [-0.4, -0.2) is 49.0 Å². The smallest absolute Gasteiger partial charge is 0.142 e. The van der Waals surface area contributed by atoms with E-state index in [4.69, 9.17) is 12.2 Å². The van der Waals surface area contributed by atoms with E-state index in [2.05, 4.69) is 9.88 Å². The second-order valence-corrected chi connectivity index (χ2v) is 7.34. The fourth-order valence-corrected chi connectivity index (χ4v) is 4.12. The first kappa shape index (κ1) is 15.9. The Balaban J connectivity index is 2.00. The molecule has 0 spiro atoms. The maximum absolute atomic E-state index is 9.91. The minimum Gasteiger partial charge on any atom is -0.506 e. The lowest BCUT2D eigenvalue weighted by molar-refractivity contribution is 0.274. The molecule has 7 heteroatoms. The van der Waals surface area contributed by atoms with E-state index in [9.17, 15) is 10.2 Å². The Morgan fingerprint density at radius 2 is 2.20 bits per heavy atom. The second kappa shape index (κ2) is 7.49. The number of aromatic hydroxyl groups is 1. The first-order valence-electron chi connectivity index (χ1n) is 6.40. The SMILES string of the molecule is Cc1ncc(CSC(=S)N2CCSCC2)c(CO)c1O. The monoisotopic (exact) mass is 330 g/mol. The molecule has 0 saturated carbocycles. The van der Waals surface area contributed by atoms with Crippen molar-refractivity contribution in [2.75, 3.05) is 24.6 Å². The molecule has 110 valence electrons. The van der Waals surface area contributed by atoms with Gasteiger partial charge in [-0.2, -0.15) is 11.8 Å². The predicted octanol–water partition coefficient (Wildman–Crippen LogP) is 2.15. The van der Waals surface area contributed by atoms with Crippen molar-refractivity contribution in [3.05, 3.63) is 23.0 Å². The zero-order valence-corrected chi connectivity index (χ0v) is 13.8. The van der Waals surface area contributed by atoms with Gasteiger partial charge in [0.25, 0.3) is 0 Å². The van der Waals surface area contributed by atoms with E-state index < -0.39 is 0 Å². The number of aliphatic hydroxyl groups is 1. The molecule has 20 heavy (non-hydrogen) atoms. The maximum atomic E-state index is 9.91. The molecular weight excluding hydrogens is 312 g/mol. The van der Waals surface area contributed by atoms with Crippen LogP contribution in [0.3, 0.4) is 0 Å². The minimum atomic E-state index is -0.182. The number of aliphatic hydroxyl groups excluding tert-OH is 1. The molecule has 0 bridgehead atoms. The van der Waals surface area contributed by atoms with Gasteiger partial charge in [0.1, 0.15) is 10.1 Å². The largest absolute Gasteiger partial charge is 0.506 e. The molecule has 1 aromatic rings. The number of thioether (sulfide) groups is 2. The third-order valence-electron chi connectivity index (χ3n) is 3.21. The molecule has 2 N–H and O–H groups in total. The number of thiocarbonyl (C=S) groups is 1. The number of aryl methyl sites for hydroxylation is 1. The lowest BCUT2D eigenvalue weighted by atomic mass is 10.1. The third-order valence-corrected chi connectivity index (χ3v) is 5.72. The van der Waals surface area contributed by atoms with Crippen LogP contribution in [0.4, 0.5) is 0 Å². The van der Waals surface area contributed by atoms with Crippen LogP contribution >= 0.6 is 35.7 Å². The summed E-state index contributed by atoms with van der Waals surface area (Å²) in [5.41, 5.74) is 1.94. The molecule has 0 aliphatic carbocycles. The van der Waals surface area contributed by atoms with Crippen LogP contribution in [0.2, 0.25) is 0 Å². The van der Waals surface area contributed by atoms with Crippen molar-refractivity contribution in [2.24, 2.45) is 0 Å². The number of nitrogens with zero attached hydrogens (tertiary/aromatic N) is 2. The van der Waals surface area contributed by atoms with Gasteiger partial charge in [0.05, 0.1) is 12.3 Å². The molecule has 0 unspecified atom stereocenters. The Hall–Kier alpha value is -0.500. The quantitative estimate of drug-likeness (QED) is 0.824. The van der Waals surface area contributed by atoms with Crippen LogP contribution in [0.5, 0.6) is 5.75 Å². The molecule has 2 heterocycles. The summed E-state index contributed by atoms with van der Waals surface area (Å²) in [5, 5.41) is 19.3. The summed E-state index contributed by atoms with van der Waals surface area (Å²) in [5.74, 6) is 2.95. The lowest BCUT2D eigenvalue weighted by Crippen LogP contribution is -2.35. The molecule has 0 aromatic carbocycles. The fourth-order valence-electron chi connectivity index (χ4n) is 1.96. The molecule has 4 nitrogen and oxygen atoms in total. The van der Waals surface area contributed by atoms with Gasteiger partial charge in [-0.25, -0.2) is 0 Å². The molecule has 0 amide bonds. The van der Waals surface area contributed by atoms with Crippen molar-refractivity contribution in [3.63, 3.8) is 0 Å². The average molecular weight is 331 g/mol. The third kappa shape index (κ3) is 3.78. The van der Waals surface area contributed by atoms with Crippen molar-refractivity contribution in [1.29, 1.82) is 0 Å². The molecule has 1 fully saturated rings. The molecule has 1 aliphatic heterocycles. The number of hydrogen-bond acceptors (Lipinski definition) is 6. The van der Waals surface area contributed by atoms with Crippen molar-refractivity contribution in [1.82, 2.24) is 9.88 Å². The molecule has 1 aromatic heterocycles. The second-order valence-electron chi connectivity index (χ2n) is 4.51. The number of hydrogen-bond donors (Lipinski definition) is 2. The summed E-state index contributed by atoms with van der Waals surface area (Å²) < 4.78 is 0.884. The van der Waals surface area contributed by atoms with E-state index in [1.807, 2.05) is 11.8 Å². The fraction of sp³-hybridized carbons (Fsp3) is 0.538. The Labute approximate surface area is 133 Å². The Morgan fingerprint density at radius 3 is 2.85 bits per heavy atom. The van der Waals surface area contributed by atoms with E-state index in [0.717, 1.165) is 34.5 Å². The van der Waals surface area contributed by atoms with E-state index in [1.165, 1.54) is 0 Å². The van der Waals surface area contributed by atoms with Gasteiger partial charge in [0, 0.05) is 42.1 Å². The summed E-state index contributed by atoms with van der Waals surface area (Å²) in [4.78, 5) is 6.36. The first-order chi connectivity index (χ1) is 9.63.